The highest BCUT2D eigenvalue weighted by molar-refractivity contribution is 9.10. The summed E-state index contributed by atoms with van der Waals surface area (Å²) >= 11 is 3.79. The molecule has 0 N–H and O–H groups in total. The highest BCUT2D eigenvalue weighted by Gasteiger charge is 2.17. The Labute approximate surface area is 203 Å². The molecule has 0 aliphatic carbocycles. The Balaban J connectivity index is 1.69. The highest BCUT2D eigenvalue weighted by Crippen LogP contribution is 2.41. The summed E-state index contributed by atoms with van der Waals surface area (Å²) in [7, 11) is 0. The van der Waals surface area contributed by atoms with Crippen LogP contribution in [-0.4, -0.2) is 0 Å². The van der Waals surface area contributed by atoms with Crippen molar-refractivity contribution in [1.82, 2.24) is 0 Å². The summed E-state index contributed by atoms with van der Waals surface area (Å²) in [5.41, 5.74) is 6.59. The Kier molecular flexibility index (Phi) is 6.23. The zero-order chi connectivity index (χ0) is 22.5. The first-order valence-electron chi connectivity index (χ1n) is 10.9. The monoisotopic (exact) mass is 490 g/mol. The minimum Gasteiger partial charge on any atom is -0.310 e. The fourth-order valence-corrected chi connectivity index (χ4v) is 4.49. The number of anilines is 6. The van der Waals surface area contributed by atoms with Gasteiger partial charge < -0.3 is 9.80 Å². The molecule has 0 aromatic heterocycles. The maximum absolute atomic E-state index is 3.79. The fraction of sp³-hybridized carbons (Fsp3) is 0. The van der Waals surface area contributed by atoms with Gasteiger partial charge in [0.25, 0.3) is 0 Å². The van der Waals surface area contributed by atoms with Gasteiger partial charge in [0.05, 0.1) is 0 Å². The van der Waals surface area contributed by atoms with Crippen LogP contribution in [0.25, 0.3) is 0 Å². The molecule has 0 amide bonds. The molecular formula is C30H23BrN2. The molecule has 0 saturated carbocycles. The van der Waals surface area contributed by atoms with Crippen LogP contribution in [0.15, 0.2) is 144 Å². The lowest BCUT2D eigenvalue weighted by molar-refractivity contribution is 1.24. The fourth-order valence-electron chi connectivity index (χ4n) is 4.02. The van der Waals surface area contributed by atoms with E-state index in [1.54, 1.807) is 0 Å². The van der Waals surface area contributed by atoms with Crippen molar-refractivity contribution in [3.8, 4) is 0 Å². The number of para-hydroxylation sites is 4. The second-order valence-corrected chi connectivity index (χ2v) is 8.60. The molecule has 0 saturated heterocycles. The maximum Gasteiger partial charge on any atom is 0.0493 e. The molecule has 0 spiro atoms. The molecule has 0 bridgehead atoms. The van der Waals surface area contributed by atoms with Crippen molar-refractivity contribution in [2.45, 2.75) is 0 Å². The first-order valence-corrected chi connectivity index (χ1v) is 11.7. The Hall–Kier alpha value is -3.82. The lowest BCUT2D eigenvalue weighted by atomic mass is 10.1. The Bertz CT molecular complexity index is 1130. The summed E-state index contributed by atoms with van der Waals surface area (Å²) < 4.78 is 1.02. The number of benzene rings is 5. The van der Waals surface area contributed by atoms with E-state index in [0.29, 0.717) is 0 Å². The van der Waals surface area contributed by atoms with Gasteiger partial charge in [0.2, 0.25) is 0 Å². The second kappa shape index (κ2) is 9.76. The van der Waals surface area contributed by atoms with Crippen molar-refractivity contribution in [3.05, 3.63) is 144 Å². The van der Waals surface area contributed by atoms with Gasteiger partial charge in [-0.15, -0.1) is 0 Å². The van der Waals surface area contributed by atoms with Crippen LogP contribution in [0.1, 0.15) is 0 Å². The van der Waals surface area contributed by atoms with Crippen molar-refractivity contribution >= 4 is 50.1 Å². The topological polar surface area (TPSA) is 6.48 Å². The normalized spacial score (nSPS) is 10.6. The maximum atomic E-state index is 3.79. The van der Waals surface area contributed by atoms with Crippen molar-refractivity contribution < 1.29 is 0 Å². The smallest absolute Gasteiger partial charge is 0.0493 e. The van der Waals surface area contributed by atoms with Crippen LogP contribution >= 0.6 is 15.9 Å². The summed E-state index contributed by atoms with van der Waals surface area (Å²) in [6.45, 7) is 0. The van der Waals surface area contributed by atoms with Crippen LogP contribution in [-0.2, 0) is 0 Å². The number of rotatable bonds is 6. The van der Waals surface area contributed by atoms with E-state index in [1.807, 2.05) is 24.3 Å². The van der Waals surface area contributed by atoms with Gasteiger partial charge in [0, 0.05) is 38.6 Å². The molecule has 3 heteroatoms. The average molecular weight is 491 g/mol. The Morgan fingerprint density at radius 2 is 0.606 bits per heavy atom. The van der Waals surface area contributed by atoms with Gasteiger partial charge in [-0.25, -0.2) is 0 Å². The summed E-state index contributed by atoms with van der Waals surface area (Å²) in [6.07, 6.45) is 0. The molecule has 0 atom stereocenters. The van der Waals surface area contributed by atoms with E-state index in [9.17, 15) is 0 Å². The van der Waals surface area contributed by atoms with Crippen LogP contribution in [0.5, 0.6) is 0 Å². The van der Waals surface area contributed by atoms with E-state index < -0.39 is 0 Å². The lowest BCUT2D eigenvalue weighted by Gasteiger charge is -2.29. The summed E-state index contributed by atoms with van der Waals surface area (Å²) in [4.78, 5) is 4.56. The average Bonchev–Trinajstić information content (AvgIpc) is 2.87. The number of halogens is 1. The molecule has 0 aliphatic rings. The summed E-state index contributed by atoms with van der Waals surface area (Å²) in [5, 5.41) is 0. The molecule has 0 unspecified atom stereocenters. The standard InChI is InChI=1S/C30H23BrN2/c31-24-21-29(32(25-13-5-1-6-14-25)26-15-7-2-8-16-26)23-30(22-24)33(27-17-9-3-10-18-27)28-19-11-4-12-20-28/h1-23H. The van der Waals surface area contributed by atoms with Gasteiger partial charge in [-0.2, -0.15) is 0 Å². The van der Waals surface area contributed by atoms with Gasteiger partial charge in [-0.05, 0) is 66.7 Å². The Morgan fingerprint density at radius 1 is 0.333 bits per heavy atom. The predicted octanol–water partition coefficient (Wildman–Crippen LogP) is 9.39. The minimum absolute atomic E-state index is 1.02. The van der Waals surface area contributed by atoms with Gasteiger partial charge in [0.1, 0.15) is 0 Å². The van der Waals surface area contributed by atoms with Crippen LogP contribution in [0.2, 0.25) is 0 Å². The van der Waals surface area contributed by atoms with Crippen molar-refractivity contribution in [2.75, 3.05) is 9.80 Å². The van der Waals surface area contributed by atoms with E-state index in [1.165, 1.54) is 0 Å². The van der Waals surface area contributed by atoms with Gasteiger partial charge in [-0.1, -0.05) is 88.7 Å². The molecule has 5 rings (SSSR count). The summed E-state index contributed by atoms with van der Waals surface area (Å²) in [6, 6.07) is 48.5. The molecular weight excluding hydrogens is 468 g/mol. The second-order valence-electron chi connectivity index (χ2n) is 7.68. The lowest BCUT2D eigenvalue weighted by Crippen LogP contribution is -2.13. The van der Waals surface area contributed by atoms with Gasteiger partial charge in [0.15, 0.2) is 0 Å². The van der Waals surface area contributed by atoms with Crippen LogP contribution in [0, 0.1) is 0 Å². The zero-order valence-corrected chi connectivity index (χ0v) is 19.6. The zero-order valence-electron chi connectivity index (χ0n) is 18.1. The first kappa shape index (κ1) is 21.0. The van der Waals surface area contributed by atoms with E-state index in [4.69, 9.17) is 0 Å². The minimum atomic E-state index is 1.02. The van der Waals surface area contributed by atoms with Crippen molar-refractivity contribution in [2.24, 2.45) is 0 Å². The summed E-state index contributed by atoms with van der Waals surface area (Å²) in [5.74, 6) is 0. The van der Waals surface area contributed by atoms with E-state index in [0.717, 1.165) is 38.6 Å². The van der Waals surface area contributed by atoms with Gasteiger partial charge in [-0.3, -0.25) is 0 Å². The third kappa shape index (κ3) is 4.69. The van der Waals surface area contributed by atoms with E-state index in [2.05, 4.69) is 141 Å². The van der Waals surface area contributed by atoms with Gasteiger partial charge >= 0.3 is 0 Å². The molecule has 5 aromatic carbocycles. The molecule has 5 aromatic rings. The molecule has 0 fully saturated rings. The number of hydrogen-bond acceptors (Lipinski definition) is 2. The number of nitrogens with zero attached hydrogens (tertiary/aromatic N) is 2. The third-order valence-corrected chi connectivity index (χ3v) is 5.90. The molecule has 0 radical (unpaired) electrons. The van der Waals surface area contributed by atoms with Crippen LogP contribution < -0.4 is 9.80 Å². The van der Waals surface area contributed by atoms with E-state index >= 15 is 0 Å². The van der Waals surface area contributed by atoms with E-state index in [-0.39, 0.29) is 0 Å². The van der Waals surface area contributed by atoms with Crippen LogP contribution in [0.3, 0.4) is 0 Å². The Morgan fingerprint density at radius 3 is 0.879 bits per heavy atom. The van der Waals surface area contributed by atoms with Crippen molar-refractivity contribution in [3.63, 3.8) is 0 Å². The first-order chi connectivity index (χ1) is 16.3. The molecule has 160 valence electrons. The molecule has 33 heavy (non-hydrogen) atoms. The highest BCUT2D eigenvalue weighted by atomic mass is 79.9. The van der Waals surface area contributed by atoms with Crippen LogP contribution in [0.4, 0.5) is 34.1 Å². The predicted molar refractivity (Wildman–Crippen MR) is 144 cm³/mol. The van der Waals surface area contributed by atoms with Crippen molar-refractivity contribution in [1.29, 1.82) is 0 Å². The number of hydrogen-bond donors (Lipinski definition) is 0. The molecule has 0 heterocycles. The third-order valence-electron chi connectivity index (χ3n) is 5.44. The quantitative estimate of drug-likeness (QED) is 0.233. The largest absolute Gasteiger partial charge is 0.310 e. The SMILES string of the molecule is Brc1cc(N(c2ccccc2)c2ccccc2)cc(N(c2ccccc2)c2ccccc2)c1. The molecule has 0 aliphatic heterocycles. The molecule has 2 nitrogen and oxygen atoms in total.